The van der Waals surface area contributed by atoms with Crippen LogP contribution in [0.4, 0.5) is 0 Å². The van der Waals surface area contributed by atoms with Crippen molar-refractivity contribution in [1.29, 1.82) is 0 Å². The number of carboxylic acids is 1. The number of benzene rings is 4. The smallest absolute Gasteiger partial charge is 0.323 e. The lowest BCUT2D eigenvalue weighted by molar-refractivity contribution is -0.139. The van der Waals surface area contributed by atoms with Gasteiger partial charge in [0.05, 0.1) is 27.5 Å². The molecule has 0 saturated carbocycles. The fraction of sp³-hybridized carbons (Fsp3) is 0.103. The summed E-state index contributed by atoms with van der Waals surface area (Å²) in [5.41, 5.74) is 3.19. The third-order valence-electron chi connectivity index (χ3n) is 6.07. The number of aromatic nitrogens is 1. The Balaban J connectivity index is 1.43. The van der Waals surface area contributed by atoms with Crippen molar-refractivity contribution in [2.45, 2.75) is 20.5 Å². The van der Waals surface area contributed by atoms with Crippen LogP contribution in [0, 0.1) is 0 Å². The lowest BCUT2D eigenvalue weighted by atomic mass is 10.1. The van der Waals surface area contributed by atoms with Gasteiger partial charge in [-0.3, -0.25) is 4.79 Å². The number of nitrogens with one attached hydrogen (secondary N) is 1. The van der Waals surface area contributed by atoms with Crippen LogP contribution in [-0.2, 0) is 14.8 Å². The van der Waals surface area contributed by atoms with Crippen LogP contribution in [-0.4, -0.2) is 37.6 Å². The lowest BCUT2D eigenvalue weighted by Crippen LogP contribution is -2.44. The molecule has 0 aliphatic rings. The number of sulfonamides is 1. The van der Waals surface area contributed by atoms with Crippen LogP contribution in [0.2, 0.25) is 0 Å². The number of hydrogen-bond donors (Lipinski definition) is 2. The number of methoxy groups -OCH3 is 1. The van der Waals surface area contributed by atoms with Crippen molar-refractivity contribution in [3.05, 3.63) is 109 Å². The maximum atomic E-state index is 13.4. The summed E-state index contributed by atoms with van der Waals surface area (Å²) in [6, 6.07) is 28.9. The zero-order valence-electron chi connectivity index (χ0n) is 20.7. The third kappa shape index (κ3) is 6.15. The second-order valence-corrected chi connectivity index (χ2v) is 12.7. The van der Waals surface area contributed by atoms with E-state index in [1.807, 2.05) is 54.6 Å². The first-order chi connectivity index (χ1) is 18.8. The fourth-order valence-corrected chi connectivity index (χ4v) is 7.81. The molecule has 0 aliphatic carbocycles. The van der Waals surface area contributed by atoms with Gasteiger partial charge in [-0.2, -0.15) is 4.72 Å². The molecule has 2 N–H and O–H groups in total. The summed E-state index contributed by atoms with van der Waals surface area (Å²) in [4.78, 5) is 17.1. The second kappa shape index (κ2) is 11.6. The Morgan fingerprint density at radius 3 is 2.13 bits per heavy atom. The number of carbonyl (C=O) groups is 1. The molecule has 0 bridgehead atoms. The molecular weight excluding hydrogens is 553 g/mol. The highest BCUT2D eigenvalue weighted by molar-refractivity contribution is 8.01. The van der Waals surface area contributed by atoms with Crippen molar-refractivity contribution in [2.75, 3.05) is 7.11 Å². The molecule has 0 fully saturated rings. The Bertz CT molecular complexity index is 1650. The maximum absolute atomic E-state index is 13.4. The number of nitrogens with zero attached hydrogens (tertiary/aromatic N) is 1. The predicted molar refractivity (Wildman–Crippen MR) is 155 cm³/mol. The van der Waals surface area contributed by atoms with Crippen LogP contribution in [0.3, 0.4) is 0 Å². The van der Waals surface area contributed by atoms with Crippen LogP contribution in [0.1, 0.15) is 10.8 Å². The summed E-state index contributed by atoms with van der Waals surface area (Å²) in [7, 11) is -2.58. The molecule has 2 atom stereocenters. The summed E-state index contributed by atoms with van der Waals surface area (Å²) in [6.07, 6.45) is 0. The molecule has 0 saturated heterocycles. The van der Waals surface area contributed by atoms with Crippen molar-refractivity contribution in [3.63, 3.8) is 0 Å². The molecule has 5 rings (SSSR count). The number of fused-ring (bicyclic) bond motifs is 1. The maximum Gasteiger partial charge on any atom is 0.323 e. The number of aliphatic carboxylic acids is 1. The van der Waals surface area contributed by atoms with E-state index in [1.54, 1.807) is 43.5 Å². The monoisotopic (exact) mass is 576 g/mol. The molecule has 0 spiro atoms. The standard InChI is InChI=1S/C29H24N2O5S3/c1-36-22-15-11-19(12-16-22)20-13-17-23(18-14-20)39(34,35)31-26(28(32)33)27(21-7-3-2-4-8-21)38-29-30-24-9-5-6-10-25(24)37-29/h2-18,26-27,31H,1H3,(H,32,33)/t26-,27-/m1/s1. The quantitative estimate of drug-likeness (QED) is 0.190. The van der Waals surface area contributed by atoms with Gasteiger partial charge in [-0.15, -0.1) is 11.3 Å². The molecule has 0 radical (unpaired) electrons. The first-order valence-corrected chi connectivity index (χ1v) is 15.1. The van der Waals surface area contributed by atoms with Gasteiger partial charge in [0.15, 0.2) is 4.34 Å². The summed E-state index contributed by atoms with van der Waals surface area (Å²) in [6.45, 7) is 0. The van der Waals surface area contributed by atoms with Crippen molar-refractivity contribution >= 4 is 49.3 Å². The minimum absolute atomic E-state index is 0.0252. The highest BCUT2D eigenvalue weighted by Crippen LogP contribution is 2.41. The Morgan fingerprint density at radius 2 is 1.51 bits per heavy atom. The van der Waals surface area contributed by atoms with E-state index in [9.17, 15) is 18.3 Å². The summed E-state index contributed by atoms with van der Waals surface area (Å²) in [5.74, 6) is -0.561. The summed E-state index contributed by atoms with van der Waals surface area (Å²) < 4.78 is 36.0. The lowest BCUT2D eigenvalue weighted by Gasteiger charge is -2.24. The SMILES string of the molecule is COc1ccc(-c2ccc(S(=O)(=O)N[C@@H](C(=O)O)[C@H](Sc3nc4ccccc4s3)c3ccccc3)cc2)cc1. The Labute approximate surface area is 234 Å². The minimum Gasteiger partial charge on any atom is -0.497 e. The average molecular weight is 577 g/mol. The molecule has 39 heavy (non-hydrogen) atoms. The van der Waals surface area contributed by atoms with Crippen LogP contribution in [0.15, 0.2) is 112 Å². The minimum atomic E-state index is -4.17. The molecule has 198 valence electrons. The van der Waals surface area contributed by atoms with E-state index in [2.05, 4.69) is 9.71 Å². The van der Waals surface area contributed by atoms with E-state index in [1.165, 1.54) is 35.2 Å². The normalized spacial score (nSPS) is 13.2. The van der Waals surface area contributed by atoms with Crippen molar-refractivity contribution in [1.82, 2.24) is 9.71 Å². The van der Waals surface area contributed by atoms with Gasteiger partial charge in [-0.25, -0.2) is 13.4 Å². The molecule has 1 aromatic heterocycles. The van der Waals surface area contributed by atoms with E-state index in [-0.39, 0.29) is 4.90 Å². The Morgan fingerprint density at radius 1 is 0.897 bits per heavy atom. The van der Waals surface area contributed by atoms with Crippen LogP contribution in [0.5, 0.6) is 5.75 Å². The van der Waals surface area contributed by atoms with Gasteiger partial charge in [0.25, 0.3) is 0 Å². The Kier molecular flexibility index (Phi) is 7.99. The van der Waals surface area contributed by atoms with Gasteiger partial charge < -0.3 is 9.84 Å². The molecule has 7 nitrogen and oxygen atoms in total. The number of carboxylic acid groups (broad SMARTS) is 1. The zero-order valence-corrected chi connectivity index (χ0v) is 23.2. The van der Waals surface area contributed by atoms with Crippen LogP contribution < -0.4 is 9.46 Å². The summed E-state index contributed by atoms with van der Waals surface area (Å²) in [5, 5.41) is 9.43. The average Bonchev–Trinajstić information content (AvgIpc) is 3.38. The van der Waals surface area contributed by atoms with Crippen LogP contribution >= 0.6 is 23.1 Å². The molecule has 4 aromatic carbocycles. The molecule has 0 unspecified atom stereocenters. The first-order valence-electron chi connectivity index (χ1n) is 11.9. The van der Waals surface area contributed by atoms with Gasteiger partial charge in [0.2, 0.25) is 10.0 Å². The van der Waals surface area contributed by atoms with E-state index >= 15 is 0 Å². The number of hydrogen-bond acceptors (Lipinski definition) is 7. The van der Waals surface area contributed by atoms with E-state index in [4.69, 9.17) is 4.74 Å². The van der Waals surface area contributed by atoms with E-state index in [0.29, 0.717) is 9.90 Å². The topological polar surface area (TPSA) is 106 Å². The van der Waals surface area contributed by atoms with Gasteiger partial charge in [0, 0.05) is 0 Å². The number of rotatable bonds is 10. The van der Waals surface area contributed by atoms with Crippen LogP contribution in [0.25, 0.3) is 21.3 Å². The van der Waals surface area contributed by atoms with Crippen molar-refractivity contribution in [2.24, 2.45) is 0 Å². The molecular formula is C29H24N2O5S3. The van der Waals surface area contributed by atoms with Gasteiger partial charge in [-0.1, -0.05) is 78.5 Å². The zero-order chi connectivity index (χ0) is 27.4. The number of thioether (sulfide) groups is 1. The third-order valence-corrected chi connectivity index (χ3v) is 9.99. The van der Waals surface area contributed by atoms with Crippen molar-refractivity contribution < 1.29 is 23.1 Å². The van der Waals surface area contributed by atoms with Gasteiger partial charge >= 0.3 is 5.97 Å². The second-order valence-electron chi connectivity index (χ2n) is 8.59. The van der Waals surface area contributed by atoms with E-state index in [0.717, 1.165) is 27.1 Å². The molecule has 1 heterocycles. The molecule has 10 heteroatoms. The molecule has 5 aromatic rings. The van der Waals surface area contributed by atoms with Gasteiger partial charge in [-0.05, 0) is 53.1 Å². The number of ether oxygens (including phenoxy) is 1. The molecule has 0 amide bonds. The van der Waals surface area contributed by atoms with Crippen molar-refractivity contribution in [3.8, 4) is 16.9 Å². The largest absolute Gasteiger partial charge is 0.497 e. The Hall–Kier alpha value is -3.70. The number of thiazole rings is 1. The highest BCUT2D eigenvalue weighted by Gasteiger charge is 2.35. The highest BCUT2D eigenvalue weighted by atomic mass is 32.2. The molecule has 0 aliphatic heterocycles. The fourth-order valence-electron chi connectivity index (χ4n) is 4.07. The predicted octanol–water partition coefficient (Wildman–Crippen LogP) is 6.24. The first kappa shape index (κ1) is 26.9. The summed E-state index contributed by atoms with van der Waals surface area (Å²) >= 11 is 2.67. The van der Waals surface area contributed by atoms with Gasteiger partial charge in [0.1, 0.15) is 11.8 Å². The van der Waals surface area contributed by atoms with E-state index < -0.39 is 27.3 Å². The number of para-hydroxylation sites is 1.